The molecular formula is C18H25N3O. The molecule has 2 amide bonds. The van der Waals surface area contributed by atoms with Gasteiger partial charge in [-0.05, 0) is 69.2 Å². The summed E-state index contributed by atoms with van der Waals surface area (Å²) >= 11 is 0. The van der Waals surface area contributed by atoms with E-state index in [1.165, 1.54) is 43.4 Å². The maximum atomic E-state index is 11.9. The molecule has 1 aliphatic carbocycles. The fourth-order valence-corrected chi connectivity index (χ4v) is 3.22. The van der Waals surface area contributed by atoms with Gasteiger partial charge in [0.15, 0.2) is 0 Å². The summed E-state index contributed by atoms with van der Waals surface area (Å²) in [6.07, 6.45) is 10.5. The van der Waals surface area contributed by atoms with Crippen molar-refractivity contribution in [3.05, 3.63) is 36.0 Å². The minimum atomic E-state index is -0.162. The minimum Gasteiger partial charge on any atom is -0.372 e. The molecule has 0 unspecified atom stereocenters. The first-order valence-electron chi connectivity index (χ1n) is 8.42. The van der Waals surface area contributed by atoms with Gasteiger partial charge in [-0.1, -0.05) is 5.57 Å². The summed E-state index contributed by atoms with van der Waals surface area (Å²) in [5, 5.41) is 5.71. The summed E-state index contributed by atoms with van der Waals surface area (Å²) in [5.74, 6) is 0. The van der Waals surface area contributed by atoms with Crippen LogP contribution >= 0.6 is 0 Å². The van der Waals surface area contributed by atoms with Crippen LogP contribution in [0.15, 0.2) is 36.0 Å². The van der Waals surface area contributed by atoms with Crippen molar-refractivity contribution in [3.63, 3.8) is 0 Å². The largest absolute Gasteiger partial charge is 0.372 e. The molecule has 4 nitrogen and oxygen atoms in total. The number of piperidine rings is 1. The number of carbonyl (C=O) groups is 1. The molecule has 1 saturated heterocycles. The summed E-state index contributed by atoms with van der Waals surface area (Å²) in [5.41, 5.74) is 3.43. The zero-order valence-electron chi connectivity index (χ0n) is 13.1. The van der Waals surface area contributed by atoms with Crippen LogP contribution in [0.3, 0.4) is 0 Å². The highest BCUT2D eigenvalue weighted by atomic mass is 16.2. The van der Waals surface area contributed by atoms with Gasteiger partial charge in [0, 0.05) is 30.7 Å². The van der Waals surface area contributed by atoms with Crippen LogP contribution in [0, 0.1) is 0 Å². The van der Waals surface area contributed by atoms with Crippen LogP contribution in [-0.4, -0.2) is 19.1 Å². The summed E-state index contributed by atoms with van der Waals surface area (Å²) in [6.45, 7) is 2.28. The number of nitrogens with zero attached hydrogens (tertiary/aromatic N) is 1. The quantitative estimate of drug-likeness (QED) is 0.876. The van der Waals surface area contributed by atoms with Crippen LogP contribution in [0.4, 0.5) is 16.2 Å². The molecule has 118 valence electrons. The topological polar surface area (TPSA) is 44.4 Å². The van der Waals surface area contributed by atoms with Gasteiger partial charge in [-0.25, -0.2) is 4.79 Å². The Kier molecular flexibility index (Phi) is 4.99. The van der Waals surface area contributed by atoms with Crippen molar-refractivity contribution >= 4 is 17.4 Å². The molecule has 3 rings (SSSR count). The number of carbonyl (C=O) groups excluding carboxylic acids is 1. The van der Waals surface area contributed by atoms with E-state index >= 15 is 0 Å². The molecule has 1 aliphatic heterocycles. The third-order valence-electron chi connectivity index (χ3n) is 4.50. The fraction of sp³-hybridized carbons (Fsp3) is 0.500. The standard InChI is InChI=1S/C18H25N3O/c22-18(19-14-15-6-2-3-7-15)20-16-8-10-17(11-9-16)21-12-4-1-5-13-21/h8-11,14H,1-7,12-13H2,(H2,19,20,22). The highest BCUT2D eigenvalue weighted by molar-refractivity contribution is 5.90. The lowest BCUT2D eigenvalue weighted by Gasteiger charge is -2.28. The number of allylic oxidation sites excluding steroid dienone is 1. The van der Waals surface area contributed by atoms with Crippen molar-refractivity contribution in [2.24, 2.45) is 0 Å². The molecule has 1 aromatic rings. The number of amides is 2. The number of hydrogen-bond acceptors (Lipinski definition) is 2. The lowest BCUT2D eigenvalue weighted by Crippen LogP contribution is -2.29. The molecule has 22 heavy (non-hydrogen) atoms. The van der Waals surface area contributed by atoms with Crippen molar-refractivity contribution in [1.29, 1.82) is 0 Å². The summed E-state index contributed by atoms with van der Waals surface area (Å²) < 4.78 is 0. The second-order valence-electron chi connectivity index (χ2n) is 6.20. The van der Waals surface area contributed by atoms with E-state index in [1.54, 1.807) is 0 Å². The van der Waals surface area contributed by atoms with E-state index in [4.69, 9.17) is 0 Å². The summed E-state index contributed by atoms with van der Waals surface area (Å²) in [4.78, 5) is 14.3. The fourth-order valence-electron chi connectivity index (χ4n) is 3.22. The van der Waals surface area contributed by atoms with E-state index in [0.29, 0.717) is 0 Å². The van der Waals surface area contributed by atoms with Crippen LogP contribution < -0.4 is 15.5 Å². The smallest absolute Gasteiger partial charge is 0.323 e. The van der Waals surface area contributed by atoms with Gasteiger partial charge in [-0.3, -0.25) is 0 Å². The average molecular weight is 299 g/mol. The molecule has 0 radical (unpaired) electrons. The van der Waals surface area contributed by atoms with E-state index in [1.807, 2.05) is 18.3 Å². The van der Waals surface area contributed by atoms with E-state index < -0.39 is 0 Å². The van der Waals surface area contributed by atoms with Crippen molar-refractivity contribution in [2.45, 2.75) is 44.9 Å². The van der Waals surface area contributed by atoms with E-state index in [2.05, 4.69) is 27.7 Å². The van der Waals surface area contributed by atoms with Gasteiger partial charge >= 0.3 is 6.03 Å². The van der Waals surface area contributed by atoms with Crippen molar-refractivity contribution < 1.29 is 4.79 Å². The van der Waals surface area contributed by atoms with Gasteiger partial charge < -0.3 is 15.5 Å². The lowest BCUT2D eigenvalue weighted by molar-refractivity contribution is 0.255. The van der Waals surface area contributed by atoms with Crippen molar-refractivity contribution in [3.8, 4) is 0 Å². The molecule has 0 aromatic heterocycles. The third-order valence-corrected chi connectivity index (χ3v) is 4.50. The van der Waals surface area contributed by atoms with Crippen LogP contribution in [0.2, 0.25) is 0 Å². The first kappa shape index (κ1) is 14.9. The molecule has 2 aliphatic rings. The number of benzene rings is 1. The van der Waals surface area contributed by atoms with Gasteiger partial charge in [-0.15, -0.1) is 0 Å². The molecule has 0 spiro atoms. The van der Waals surface area contributed by atoms with Gasteiger partial charge in [-0.2, -0.15) is 0 Å². The molecule has 1 heterocycles. The normalized spacial score (nSPS) is 18.2. The van der Waals surface area contributed by atoms with Gasteiger partial charge in [0.05, 0.1) is 0 Å². The van der Waals surface area contributed by atoms with Crippen molar-refractivity contribution in [1.82, 2.24) is 5.32 Å². The zero-order chi connectivity index (χ0) is 15.2. The molecular weight excluding hydrogens is 274 g/mol. The highest BCUT2D eigenvalue weighted by Gasteiger charge is 2.11. The molecule has 0 atom stereocenters. The Bertz CT molecular complexity index is 522. The number of hydrogen-bond donors (Lipinski definition) is 2. The predicted molar refractivity (Wildman–Crippen MR) is 91.2 cm³/mol. The number of nitrogens with one attached hydrogen (secondary N) is 2. The summed E-state index contributed by atoms with van der Waals surface area (Å²) in [7, 11) is 0. The highest BCUT2D eigenvalue weighted by Crippen LogP contribution is 2.23. The lowest BCUT2D eigenvalue weighted by atomic mass is 10.1. The Hall–Kier alpha value is -1.97. The Morgan fingerprint density at radius 1 is 0.955 bits per heavy atom. The molecule has 1 saturated carbocycles. The average Bonchev–Trinajstić information content (AvgIpc) is 3.08. The molecule has 1 aromatic carbocycles. The maximum absolute atomic E-state index is 11.9. The minimum absolute atomic E-state index is 0.162. The Morgan fingerprint density at radius 3 is 2.32 bits per heavy atom. The first-order valence-corrected chi connectivity index (χ1v) is 8.42. The van der Waals surface area contributed by atoms with E-state index in [0.717, 1.165) is 31.6 Å². The SMILES string of the molecule is O=C(NC=C1CCCC1)Nc1ccc(N2CCCCC2)cc1. The van der Waals surface area contributed by atoms with E-state index in [-0.39, 0.29) is 6.03 Å². The first-order chi connectivity index (χ1) is 10.8. The molecule has 2 fully saturated rings. The van der Waals surface area contributed by atoms with Crippen LogP contribution in [0.25, 0.3) is 0 Å². The Morgan fingerprint density at radius 2 is 1.64 bits per heavy atom. The van der Waals surface area contributed by atoms with E-state index in [9.17, 15) is 4.79 Å². The van der Waals surface area contributed by atoms with Gasteiger partial charge in [0.1, 0.15) is 0 Å². The number of rotatable bonds is 3. The van der Waals surface area contributed by atoms with Crippen LogP contribution in [0.5, 0.6) is 0 Å². The third kappa shape index (κ3) is 4.03. The van der Waals surface area contributed by atoms with Crippen molar-refractivity contribution in [2.75, 3.05) is 23.3 Å². The second kappa shape index (κ2) is 7.34. The predicted octanol–water partition coefficient (Wildman–Crippen LogP) is 4.26. The van der Waals surface area contributed by atoms with Crippen LogP contribution in [-0.2, 0) is 0 Å². The van der Waals surface area contributed by atoms with Crippen LogP contribution in [0.1, 0.15) is 44.9 Å². The van der Waals surface area contributed by atoms with Gasteiger partial charge in [0.2, 0.25) is 0 Å². The zero-order valence-corrected chi connectivity index (χ0v) is 13.1. The number of anilines is 2. The number of urea groups is 1. The van der Waals surface area contributed by atoms with Gasteiger partial charge in [0.25, 0.3) is 0 Å². The Labute approximate surface area is 132 Å². The maximum Gasteiger partial charge on any atom is 0.323 e. The second-order valence-corrected chi connectivity index (χ2v) is 6.20. The monoisotopic (exact) mass is 299 g/mol. The molecule has 0 bridgehead atoms. The summed E-state index contributed by atoms with van der Waals surface area (Å²) in [6, 6.07) is 7.98. The Balaban J connectivity index is 1.51. The molecule has 4 heteroatoms. The molecule has 2 N–H and O–H groups in total.